The van der Waals surface area contributed by atoms with Gasteiger partial charge in [-0.1, -0.05) is 31.0 Å². The highest BCUT2D eigenvalue weighted by atomic mass is 16.5. The van der Waals surface area contributed by atoms with E-state index in [1.54, 1.807) is 32.4 Å². The van der Waals surface area contributed by atoms with E-state index in [9.17, 15) is 9.59 Å². The lowest BCUT2D eigenvalue weighted by Gasteiger charge is -2.11. The first-order valence-electron chi connectivity index (χ1n) is 10.2. The zero-order valence-electron chi connectivity index (χ0n) is 17.4. The monoisotopic (exact) mass is 408 g/mol. The van der Waals surface area contributed by atoms with Crippen LogP contribution in [-0.2, 0) is 16.1 Å². The van der Waals surface area contributed by atoms with Crippen LogP contribution in [0.3, 0.4) is 0 Å². The fraction of sp³-hybridized carbons (Fsp3) is 0.333. The van der Waals surface area contributed by atoms with E-state index in [4.69, 9.17) is 9.47 Å². The Bertz CT molecular complexity index is 917. The number of carbonyl (C=O) groups excluding carboxylic acids is 2. The van der Waals surface area contributed by atoms with Crippen LogP contribution in [0.2, 0.25) is 0 Å². The highest BCUT2D eigenvalue weighted by molar-refractivity contribution is 5.93. The fourth-order valence-electron chi connectivity index (χ4n) is 3.57. The lowest BCUT2D eigenvalue weighted by molar-refractivity contribution is -0.119. The van der Waals surface area contributed by atoms with E-state index < -0.39 is 0 Å². The molecule has 0 aliphatic heterocycles. The van der Waals surface area contributed by atoms with Crippen molar-refractivity contribution in [3.05, 3.63) is 59.7 Å². The molecule has 0 heterocycles. The smallest absolute Gasteiger partial charge is 0.244 e. The summed E-state index contributed by atoms with van der Waals surface area (Å²) in [4.78, 5) is 24.5. The van der Waals surface area contributed by atoms with Crippen LogP contribution in [0.1, 0.15) is 36.8 Å². The molecule has 1 aliphatic rings. The molecule has 2 aromatic rings. The van der Waals surface area contributed by atoms with Gasteiger partial charge in [0.15, 0.2) is 11.5 Å². The molecule has 0 atom stereocenters. The zero-order chi connectivity index (χ0) is 21.3. The third kappa shape index (κ3) is 5.86. The molecule has 1 saturated carbocycles. The molecule has 0 radical (unpaired) electrons. The van der Waals surface area contributed by atoms with E-state index in [0.717, 1.165) is 42.5 Å². The Kier molecular flexibility index (Phi) is 7.49. The molecule has 0 spiro atoms. The van der Waals surface area contributed by atoms with E-state index in [-0.39, 0.29) is 17.7 Å². The maximum atomic E-state index is 12.3. The van der Waals surface area contributed by atoms with Gasteiger partial charge in [-0.25, -0.2) is 0 Å². The van der Waals surface area contributed by atoms with Gasteiger partial charge in [0.05, 0.1) is 14.2 Å². The Morgan fingerprint density at radius 1 is 1.03 bits per heavy atom. The third-order valence-electron chi connectivity index (χ3n) is 5.22. The summed E-state index contributed by atoms with van der Waals surface area (Å²) in [6, 6.07) is 13.0. The lowest BCUT2D eigenvalue weighted by atomic mass is 10.1. The largest absolute Gasteiger partial charge is 0.493 e. The van der Waals surface area contributed by atoms with E-state index in [0.29, 0.717) is 18.0 Å². The predicted molar refractivity (Wildman–Crippen MR) is 117 cm³/mol. The molecule has 2 amide bonds. The van der Waals surface area contributed by atoms with E-state index in [2.05, 4.69) is 10.6 Å². The van der Waals surface area contributed by atoms with Gasteiger partial charge in [0.25, 0.3) is 0 Å². The minimum atomic E-state index is -0.204. The van der Waals surface area contributed by atoms with Crippen LogP contribution in [0.25, 0.3) is 6.08 Å². The van der Waals surface area contributed by atoms with Crippen molar-refractivity contribution in [1.29, 1.82) is 0 Å². The summed E-state index contributed by atoms with van der Waals surface area (Å²) in [5, 5.41) is 5.85. The molecule has 1 fully saturated rings. The number of anilines is 1. The van der Waals surface area contributed by atoms with Gasteiger partial charge in [0.1, 0.15) is 0 Å². The summed E-state index contributed by atoms with van der Waals surface area (Å²) in [6.07, 6.45) is 7.38. The Morgan fingerprint density at radius 3 is 2.53 bits per heavy atom. The van der Waals surface area contributed by atoms with Crippen LogP contribution in [-0.4, -0.2) is 26.0 Å². The van der Waals surface area contributed by atoms with Crippen molar-refractivity contribution in [2.45, 2.75) is 32.2 Å². The summed E-state index contributed by atoms with van der Waals surface area (Å²) < 4.78 is 10.5. The standard InChI is InChI=1S/C24H28N2O4/c1-29-21-12-10-17(15-22(21)30-2)11-13-23(27)25-16-18-6-5-9-20(14-18)26-24(28)19-7-3-4-8-19/h5-6,9-15,19H,3-4,7-8,16H2,1-2H3,(H,25,27)(H,26,28)/b13-11+. The number of hydrogen-bond donors (Lipinski definition) is 2. The van der Waals surface area contributed by atoms with Crippen LogP contribution in [0.5, 0.6) is 11.5 Å². The molecule has 3 rings (SSSR count). The first-order valence-corrected chi connectivity index (χ1v) is 10.2. The van der Waals surface area contributed by atoms with E-state index in [1.807, 2.05) is 30.3 Å². The molecule has 0 unspecified atom stereocenters. The Hall–Kier alpha value is -3.28. The van der Waals surface area contributed by atoms with Gasteiger partial charge >= 0.3 is 0 Å². The molecule has 6 nitrogen and oxygen atoms in total. The summed E-state index contributed by atoms with van der Waals surface area (Å²) in [5.74, 6) is 1.25. The quantitative estimate of drug-likeness (QED) is 0.643. The van der Waals surface area contributed by atoms with Gasteiger partial charge in [-0.05, 0) is 54.3 Å². The molecule has 2 N–H and O–H groups in total. The number of ether oxygens (including phenoxy) is 2. The van der Waals surface area contributed by atoms with Crippen molar-refractivity contribution < 1.29 is 19.1 Å². The summed E-state index contributed by atoms with van der Waals surface area (Å²) in [5.41, 5.74) is 2.52. The zero-order valence-corrected chi connectivity index (χ0v) is 17.4. The van der Waals surface area contributed by atoms with Gasteiger partial charge in [0, 0.05) is 24.2 Å². The maximum absolute atomic E-state index is 12.3. The molecule has 158 valence electrons. The molecule has 0 saturated heterocycles. The number of methoxy groups -OCH3 is 2. The molecule has 2 aromatic carbocycles. The van der Waals surface area contributed by atoms with Crippen molar-refractivity contribution in [3.8, 4) is 11.5 Å². The molecular formula is C24H28N2O4. The van der Waals surface area contributed by atoms with Crippen LogP contribution < -0.4 is 20.1 Å². The highest BCUT2D eigenvalue weighted by Crippen LogP contribution is 2.28. The molecular weight excluding hydrogens is 380 g/mol. The number of benzene rings is 2. The minimum absolute atomic E-state index is 0.0894. The van der Waals surface area contributed by atoms with Crippen molar-refractivity contribution in [2.24, 2.45) is 5.92 Å². The molecule has 30 heavy (non-hydrogen) atoms. The van der Waals surface area contributed by atoms with Crippen molar-refractivity contribution in [2.75, 3.05) is 19.5 Å². The number of nitrogens with one attached hydrogen (secondary N) is 2. The number of hydrogen-bond acceptors (Lipinski definition) is 4. The predicted octanol–water partition coefficient (Wildman–Crippen LogP) is 4.16. The Labute approximate surface area is 177 Å². The first kappa shape index (κ1) is 21.4. The second-order valence-corrected chi connectivity index (χ2v) is 7.34. The normalized spacial score (nSPS) is 13.9. The van der Waals surface area contributed by atoms with Gasteiger partial charge in [0.2, 0.25) is 11.8 Å². The molecule has 0 bridgehead atoms. The lowest BCUT2D eigenvalue weighted by Crippen LogP contribution is -2.21. The number of amides is 2. The van der Waals surface area contributed by atoms with Gasteiger partial charge in [-0.15, -0.1) is 0 Å². The van der Waals surface area contributed by atoms with Crippen molar-refractivity contribution in [3.63, 3.8) is 0 Å². The SMILES string of the molecule is COc1ccc(/C=C/C(=O)NCc2cccc(NC(=O)C3CCCC3)c2)cc1OC. The fourth-order valence-corrected chi connectivity index (χ4v) is 3.57. The summed E-state index contributed by atoms with van der Waals surface area (Å²) in [6.45, 7) is 0.377. The Morgan fingerprint density at radius 2 is 1.80 bits per heavy atom. The summed E-state index contributed by atoms with van der Waals surface area (Å²) >= 11 is 0. The Balaban J connectivity index is 1.53. The summed E-state index contributed by atoms with van der Waals surface area (Å²) in [7, 11) is 3.15. The third-order valence-corrected chi connectivity index (χ3v) is 5.22. The van der Waals surface area contributed by atoms with Crippen LogP contribution in [0.4, 0.5) is 5.69 Å². The maximum Gasteiger partial charge on any atom is 0.244 e. The van der Waals surface area contributed by atoms with E-state index in [1.165, 1.54) is 6.08 Å². The van der Waals surface area contributed by atoms with Crippen LogP contribution >= 0.6 is 0 Å². The number of carbonyl (C=O) groups is 2. The van der Waals surface area contributed by atoms with Crippen molar-refractivity contribution >= 4 is 23.6 Å². The van der Waals surface area contributed by atoms with Crippen molar-refractivity contribution in [1.82, 2.24) is 5.32 Å². The first-order chi connectivity index (χ1) is 14.6. The van der Waals surface area contributed by atoms with E-state index >= 15 is 0 Å². The average molecular weight is 408 g/mol. The second-order valence-electron chi connectivity index (χ2n) is 7.34. The molecule has 6 heteroatoms. The number of rotatable bonds is 8. The van der Waals surface area contributed by atoms with Gasteiger partial charge < -0.3 is 20.1 Å². The topological polar surface area (TPSA) is 76.7 Å². The highest BCUT2D eigenvalue weighted by Gasteiger charge is 2.22. The van der Waals surface area contributed by atoms with Crippen LogP contribution in [0.15, 0.2) is 48.5 Å². The van der Waals surface area contributed by atoms with Crippen LogP contribution in [0, 0.1) is 5.92 Å². The molecule has 0 aromatic heterocycles. The van der Waals surface area contributed by atoms with Gasteiger partial charge in [-0.2, -0.15) is 0 Å². The minimum Gasteiger partial charge on any atom is -0.493 e. The molecule has 1 aliphatic carbocycles. The van der Waals surface area contributed by atoms with Gasteiger partial charge in [-0.3, -0.25) is 9.59 Å². The second kappa shape index (κ2) is 10.5. The average Bonchev–Trinajstić information content (AvgIpc) is 3.31.